The number of unbranched alkanes of at least 4 members (excludes halogenated alkanes) is 1. The fourth-order valence-corrected chi connectivity index (χ4v) is 1.72. The number of nitrogens with zero attached hydrogens (tertiary/aromatic N) is 2. The molecule has 0 radical (unpaired) electrons. The van der Waals surface area contributed by atoms with Gasteiger partial charge >= 0.3 is 0 Å². The van der Waals surface area contributed by atoms with Gasteiger partial charge in [0.05, 0.1) is 0 Å². The molecule has 108 valence electrons. The van der Waals surface area contributed by atoms with Gasteiger partial charge in [-0.2, -0.15) is 10.2 Å². The van der Waals surface area contributed by atoms with Gasteiger partial charge in [-0.05, 0) is 30.2 Å². The monoisotopic (exact) mass is 285 g/mol. The van der Waals surface area contributed by atoms with Crippen LogP contribution in [0.4, 0.5) is 10.3 Å². The Balaban J connectivity index is 2.09. The molecule has 0 saturated carbocycles. The first-order valence-corrected chi connectivity index (χ1v) is 6.81. The number of hydrogen-bond acceptors (Lipinski definition) is 4. The highest BCUT2D eigenvalue weighted by Gasteiger charge is 2.10. The zero-order chi connectivity index (χ0) is 15.1. The van der Waals surface area contributed by atoms with Crippen LogP contribution < -0.4 is 5.32 Å². The maximum atomic E-state index is 12.8. The summed E-state index contributed by atoms with van der Waals surface area (Å²) in [5.74, 6) is 0.456. The smallest absolute Gasteiger partial charge is 0.232 e. The molecule has 0 aliphatic heterocycles. The van der Waals surface area contributed by atoms with Crippen LogP contribution in [0.5, 0.6) is 0 Å². The van der Waals surface area contributed by atoms with Crippen LogP contribution in [0.2, 0.25) is 0 Å². The van der Waals surface area contributed by atoms with Crippen LogP contribution in [0.15, 0.2) is 28.7 Å². The second kappa shape index (κ2) is 7.25. The van der Waals surface area contributed by atoms with Crippen molar-refractivity contribution in [1.29, 1.82) is 5.26 Å². The highest BCUT2D eigenvalue weighted by Crippen LogP contribution is 2.18. The largest absolute Gasteiger partial charge is 0.420 e. The van der Waals surface area contributed by atoms with E-state index in [2.05, 4.69) is 17.2 Å². The van der Waals surface area contributed by atoms with Crippen LogP contribution in [0.1, 0.15) is 36.9 Å². The average Bonchev–Trinajstić information content (AvgIpc) is 2.89. The van der Waals surface area contributed by atoms with Crippen LogP contribution in [0.25, 0.3) is 12.2 Å². The van der Waals surface area contributed by atoms with Crippen molar-refractivity contribution in [3.8, 4) is 6.07 Å². The summed E-state index contributed by atoms with van der Waals surface area (Å²) >= 11 is 0. The van der Waals surface area contributed by atoms with Gasteiger partial charge < -0.3 is 9.73 Å². The zero-order valence-corrected chi connectivity index (χ0v) is 11.8. The van der Waals surface area contributed by atoms with Crippen LogP contribution in [-0.2, 0) is 0 Å². The second-order valence-corrected chi connectivity index (χ2v) is 4.51. The maximum absolute atomic E-state index is 12.8. The number of nitriles is 1. The molecule has 0 aliphatic carbocycles. The summed E-state index contributed by atoms with van der Waals surface area (Å²) in [7, 11) is 0. The van der Waals surface area contributed by atoms with Gasteiger partial charge in [0.25, 0.3) is 0 Å². The van der Waals surface area contributed by atoms with Gasteiger partial charge in [0.15, 0.2) is 0 Å². The van der Waals surface area contributed by atoms with E-state index in [4.69, 9.17) is 9.68 Å². The lowest BCUT2D eigenvalue weighted by Crippen LogP contribution is -2.00. The summed E-state index contributed by atoms with van der Waals surface area (Å²) in [6, 6.07) is 8.07. The lowest BCUT2D eigenvalue weighted by Gasteiger charge is -1.99. The molecule has 0 atom stereocenters. The van der Waals surface area contributed by atoms with Crippen LogP contribution in [0.3, 0.4) is 0 Å². The van der Waals surface area contributed by atoms with Crippen molar-refractivity contribution in [1.82, 2.24) is 4.98 Å². The first-order valence-electron chi connectivity index (χ1n) is 6.81. The Kier molecular flexibility index (Phi) is 5.10. The lowest BCUT2D eigenvalue weighted by molar-refractivity contribution is 0.556. The molecule has 0 fully saturated rings. The molecule has 0 aliphatic rings. The molecule has 1 N–H and O–H groups in total. The summed E-state index contributed by atoms with van der Waals surface area (Å²) < 4.78 is 18.3. The molecule has 0 saturated heterocycles. The predicted molar refractivity (Wildman–Crippen MR) is 79.9 cm³/mol. The Hall–Kier alpha value is -2.61. The number of rotatable bonds is 6. The normalized spacial score (nSPS) is 10.7. The van der Waals surface area contributed by atoms with Crippen molar-refractivity contribution in [2.24, 2.45) is 0 Å². The highest BCUT2D eigenvalue weighted by molar-refractivity contribution is 5.67. The minimum atomic E-state index is -0.280. The summed E-state index contributed by atoms with van der Waals surface area (Å²) in [5.41, 5.74) is 1.07. The molecule has 1 heterocycles. The van der Waals surface area contributed by atoms with E-state index in [9.17, 15) is 4.39 Å². The molecular weight excluding hydrogens is 269 g/mol. The highest BCUT2D eigenvalue weighted by atomic mass is 19.1. The molecule has 21 heavy (non-hydrogen) atoms. The van der Waals surface area contributed by atoms with Crippen LogP contribution >= 0.6 is 0 Å². The molecule has 4 nitrogen and oxygen atoms in total. The Morgan fingerprint density at radius 1 is 1.33 bits per heavy atom. The Morgan fingerprint density at radius 3 is 2.76 bits per heavy atom. The van der Waals surface area contributed by atoms with Gasteiger partial charge in [-0.3, -0.25) is 0 Å². The molecule has 2 rings (SSSR count). The predicted octanol–water partition coefficient (Wildman–Crippen LogP) is 4.07. The number of anilines is 1. The zero-order valence-electron chi connectivity index (χ0n) is 11.8. The average molecular weight is 285 g/mol. The number of hydrogen-bond donors (Lipinski definition) is 1. The number of oxazole rings is 1. The number of aromatic nitrogens is 1. The summed E-state index contributed by atoms with van der Waals surface area (Å²) in [6.07, 6.45) is 5.45. The molecular formula is C16H16FN3O. The van der Waals surface area contributed by atoms with E-state index in [0.29, 0.717) is 11.8 Å². The van der Waals surface area contributed by atoms with E-state index in [-0.39, 0.29) is 11.5 Å². The maximum Gasteiger partial charge on any atom is 0.232 e. The van der Waals surface area contributed by atoms with E-state index in [1.165, 1.54) is 12.1 Å². The molecule has 5 heteroatoms. The Labute approximate surface area is 122 Å². The van der Waals surface area contributed by atoms with Crippen molar-refractivity contribution in [2.75, 3.05) is 11.9 Å². The third kappa shape index (κ3) is 4.18. The van der Waals surface area contributed by atoms with Gasteiger partial charge in [-0.25, -0.2) is 4.39 Å². The SMILES string of the molecule is CCCCNc1oc(/C=C/c2ccc(F)cc2)nc1C#N. The van der Waals surface area contributed by atoms with Crippen molar-refractivity contribution in [3.05, 3.63) is 47.2 Å². The fourth-order valence-electron chi connectivity index (χ4n) is 1.72. The quantitative estimate of drug-likeness (QED) is 0.813. The lowest BCUT2D eigenvalue weighted by atomic mass is 10.2. The van der Waals surface area contributed by atoms with E-state index < -0.39 is 0 Å². The summed E-state index contributed by atoms with van der Waals surface area (Å²) in [5, 5.41) is 12.1. The molecule has 0 unspecified atom stereocenters. The third-order valence-corrected chi connectivity index (χ3v) is 2.85. The topological polar surface area (TPSA) is 61.9 Å². The van der Waals surface area contributed by atoms with E-state index in [1.54, 1.807) is 24.3 Å². The van der Waals surface area contributed by atoms with Crippen molar-refractivity contribution in [3.63, 3.8) is 0 Å². The fraction of sp³-hybridized carbons (Fsp3) is 0.250. The van der Waals surface area contributed by atoms with E-state index >= 15 is 0 Å². The number of halogens is 1. The summed E-state index contributed by atoms with van der Waals surface area (Å²) in [6.45, 7) is 2.83. The molecule has 0 spiro atoms. The standard InChI is InChI=1S/C16H16FN3O/c1-2-3-10-19-16-14(11-18)20-15(21-16)9-6-12-4-7-13(17)8-5-12/h4-9,19H,2-3,10H2,1H3/b9-6+. The van der Waals surface area contributed by atoms with Crippen molar-refractivity contribution in [2.45, 2.75) is 19.8 Å². The molecule has 0 bridgehead atoms. The number of nitrogens with one attached hydrogen (secondary N) is 1. The minimum absolute atomic E-state index is 0.241. The third-order valence-electron chi connectivity index (χ3n) is 2.85. The van der Waals surface area contributed by atoms with Gasteiger partial charge in [0.1, 0.15) is 11.9 Å². The first-order chi connectivity index (χ1) is 10.2. The molecule has 0 amide bonds. The van der Waals surface area contributed by atoms with Gasteiger partial charge in [-0.15, -0.1) is 0 Å². The molecule has 1 aromatic carbocycles. The van der Waals surface area contributed by atoms with Crippen LogP contribution in [-0.4, -0.2) is 11.5 Å². The first kappa shape index (κ1) is 14.8. The van der Waals surface area contributed by atoms with Gasteiger partial charge in [0, 0.05) is 12.6 Å². The van der Waals surface area contributed by atoms with E-state index in [1.807, 2.05) is 6.07 Å². The summed E-state index contributed by atoms with van der Waals surface area (Å²) in [4.78, 5) is 4.09. The van der Waals surface area contributed by atoms with Crippen molar-refractivity contribution >= 4 is 18.0 Å². The van der Waals surface area contributed by atoms with Crippen molar-refractivity contribution < 1.29 is 8.81 Å². The van der Waals surface area contributed by atoms with Gasteiger partial charge in [-0.1, -0.05) is 25.5 Å². The van der Waals surface area contributed by atoms with Crippen LogP contribution in [0, 0.1) is 17.1 Å². The molecule has 2 aromatic rings. The van der Waals surface area contributed by atoms with E-state index in [0.717, 1.165) is 24.9 Å². The number of benzene rings is 1. The van der Waals surface area contributed by atoms with Gasteiger partial charge in [0.2, 0.25) is 17.5 Å². The Morgan fingerprint density at radius 2 is 2.10 bits per heavy atom. The molecule has 1 aromatic heterocycles. The minimum Gasteiger partial charge on any atom is -0.420 e. The second-order valence-electron chi connectivity index (χ2n) is 4.51. The Bertz CT molecular complexity index is 653.